The van der Waals surface area contributed by atoms with Gasteiger partial charge in [0.25, 0.3) is 0 Å². The molecule has 1 heterocycles. The summed E-state index contributed by atoms with van der Waals surface area (Å²) in [4.78, 5) is 0.284. The van der Waals surface area contributed by atoms with Crippen LogP contribution in [0.15, 0.2) is 77.8 Å². The molecule has 3 aromatic carbocycles. The first-order chi connectivity index (χ1) is 14.7. The van der Waals surface area contributed by atoms with Gasteiger partial charge in [-0.2, -0.15) is 18.3 Å². The number of benzene rings is 3. The summed E-state index contributed by atoms with van der Waals surface area (Å²) in [6.45, 7) is 0. The zero-order valence-corrected chi connectivity index (χ0v) is 18.1. The highest BCUT2D eigenvalue weighted by Crippen LogP contribution is 2.45. The van der Waals surface area contributed by atoms with Gasteiger partial charge in [0.05, 0.1) is 27.4 Å². The van der Waals surface area contributed by atoms with Crippen molar-refractivity contribution in [2.24, 2.45) is 0 Å². The van der Waals surface area contributed by atoms with E-state index in [4.69, 9.17) is 23.2 Å². The van der Waals surface area contributed by atoms with Crippen LogP contribution < -0.4 is 0 Å². The fourth-order valence-electron chi connectivity index (χ4n) is 3.19. The molecular weight excluding hydrogens is 468 g/mol. The topological polar surface area (TPSA) is 38.1 Å². The van der Waals surface area contributed by atoms with Gasteiger partial charge in [-0.15, -0.1) is 11.8 Å². The summed E-state index contributed by atoms with van der Waals surface area (Å²) < 4.78 is 43.7. The minimum atomic E-state index is -4.92. The van der Waals surface area contributed by atoms with Gasteiger partial charge in [0, 0.05) is 16.0 Å². The summed E-state index contributed by atoms with van der Waals surface area (Å²) in [6.07, 6.45) is -3.45. The van der Waals surface area contributed by atoms with E-state index < -0.39 is 17.5 Å². The van der Waals surface area contributed by atoms with Crippen molar-refractivity contribution in [1.82, 2.24) is 9.78 Å². The normalized spacial score (nSPS) is 14.0. The van der Waals surface area contributed by atoms with Gasteiger partial charge in [0.2, 0.25) is 0 Å². The van der Waals surface area contributed by atoms with E-state index in [-0.39, 0.29) is 20.5 Å². The lowest BCUT2D eigenvalue weighted by Crippen LogP contribution is -2.44. The molecule has 0 saturated carbocycles. The van der Waals surface area contributed by atoms with Crippen LogP contribution in [0.4, 0.5) is 13.2 Å². The van der Waals surface area contributed by atoms with Crippen LogP contribution in [0.5, 0.6) is 0 Å². The number of rotatable bonds is 5. The van der Waals surface area contributed by atoms with Crippen molar-refractivity contribution in [2.45, 2.75) is 16.7 Å². The van der Waals surface area contributed by atoms with Crippen molar-refractivity contribution >= 4 is 45.9 Å². The molecule has 0 radical (unpaired) electrons. The number of halogens is 5. The second-order valence-electron chi connectivity index (χ2n) is 6.86. The molecule has 0 aliphatic heterocycles. The maximum absolute atomic E-state index is 14.0. The molecule has 0 amide bonds. The predicted octanol–water partition coefficient (Wildman–Crippen LogP) is 6.87. The minimum Gasteiger partial charge on any atom is -0.376 e. The molecule has 0 bridgehead atoms. The molecule has 31 heavy (non-hydrogen) atoms. The first-order valence-electron chi connectivity index (χ1n) is 9.10. The smallest absolute Gasteiger partial charge is 0.376 e. The lowest BCUT2D eigenvalue weighted by Gasteiger charge is -2.31. The number of para-hydroxylation sites is 1. The van der Waals surface area contributed by atoms with E-state index in [9.17, 15) is 18.3 Å². The average molecular weight is 483 g/mol. The number of hydrogen-bond acceptors (Lipinski definition) is 3. The van der Waals surface area contributed by atoms with Gasteiger partial charge in [-0.25, -0.2) is 4.68 Å². The Morgan fingerprint density at radius 1 is 0.935 bits per heavy atom. The Hall–Kier alpha value is -2.19. The molecular formula is C22H15Cl2F3N2OS. The van der Waals surface area contributed by atoms with Gasteiger partial charge in [-0.3, -0.25) is 0 Å². The molecule has 1 N–H and O–H groups in total. The van der Waals surface area contributed by atoms with Gasteiger partial charge in [-0.1, -0.05) is 53.5 Å². The summed E-state index contributed by atoms with van der Waals surface area (Å²) in [7, 11) is 0. The lowest BCUT2D eigenvalue weighted by atomic mass is 9.94. The summed E-state index contributed by atoms with van der Waals surface area (Å²) >= 11 is 12.9. The Morgan fingerprint density at radius 3 is 2.26 bits per heavy atom. The minimum absolute atomic E-state index is 0.224. The van der Waals surface area contributed by atoms with E-state index in [0.717, 1.165) is 17.4 Å². The van der Waals surface area contributed by atoms with Gasteiger partial charge < -0.3 is 5.11 Å². The molecule has 4 rings (SSSR count). The molecule has 1 aromatic heterocycles. The maximum Gasteiger partial charge on any atom is 0.422 e. The number of alkyl halides is 3. The highest BCUT2D eigenvalue weighted by Gasteiger charge is 2.55. The lowest BCUT2D eigenvalue weighted by molar-refractivity contribution is -0.256. The molecule has 1 atom stereocenters. The van der Waals surface area contributed by atoms with E-state index in [1.807, 2.05) is 30.3 Å². The van der Waals surface area contributed by atoms with E-state index in [1.54, 1.807) is 10.7 Å². The van der Waals surface area contributed by atoms with Gasteiger partial charge in [0.15, 0.2) is 5.60 Å². The Bertz CT molecular complexity index is 1210. The van der Waals surface area contributed by atoms with Crippen LogP contribution in [-0.4, -0.2) is 26.8 Å². The Morgan fingerprint density at radius 2 is 1.61 bits per heavy atom. The van der Waals surface area contributed by atoms with Gasteiger partial charge in [0.1, 0.15) is 0 Å². The molecule has 4 aromatic rings. The highest BCUT2D eigenvalue weighted by atomic mass is 35.5. The zero-order chi connectivity index (χ0) is 22.2. The van der Waals surface area contributed by atoms with Crippen molar-refractivity contribution in [2.75, 3.05) is 5.75 Å². The van der Waals surface area contributed by atoms with Crippen molar-refractivity contribution in [3.8, 4) is 5.69 Å². The summed E-state index contributed by atoms with van der Waals surface area (Å²) in [5.74, 6) is -0.710. The molecule has 0 saturated heterocycles. The van der Waals surface area contributed by atoms with Crippen molar-refractivity contribution < 1.29 is 18.3 Å². The van der Waals surface area contributed by atoms with E-state index in [1.165, 1.54) is 36.5 Å². The number of thioether (sulfide) groups is 1. The summed E-state index contributed by atoms with van der Waals surface area (Å²) in [5.41, 5.74) is -1.99. The second kappa shape index (κ2) is 8.39. The highest BCUT2D eigenvalue weighted by molar-refractivity contribution is 7.99. The molecule has 160 valence electrons. The second-order valence-corrected chi connectivity index (χ2v) is 8.66. The van der Waals surface area contributed by atoms with Crippen LogP contribution in [0.3, 0.4) is 0 Å². The largest absolute Gasteiger partial charge is 0.422 e. The van der Waals surface area contributed by atoms with Crippen LogP contribution in [0.2, 0.25) is 10.0 Å². The number of aromatic nitrogens is 2. The summed E-state index contributed by atoms with van der Waals surface area (Å²) in [5, 5.41) is 16.0. The van der Waals surface area contributed by atoms with E-state index >= 15 is 0 Å². The molecule has 3 nitrogen and oxygen atoms in total. The predicted molar refractivity (Wildman–Crippen MR) is 118 cm³/mol. The first-order valence-corrected chi connectivity index (χ1v) is 10.8. The number of fused-ring (bicyclic) bond motifs is 1. The first kappa shape index (κ1) is 22.0. The van der Waals surface area contributed by atoms with Crippen LogP contribution >= 0.6 is 35.0 Å². The standard InChI is InChI=1S/C22H15Cl2F3N2OS/c23-17-7-4-8-18(24)20(17)31-13-21(30,22(25,26)27)15-9-10-19-14(11-15)12-28-29(19)16-5-2-1-3-6-16/h1-12,30H,13H2. The number of hydrogen-bond donors (Lipinski definition) is 1. The molecule has 0 fully saturated rings. The van der Waals surface area contributed by atoms with Crippen molar-refractivity contribution in [1.29, 1.82) is 0 Å². The average Bonchev–Trinajstić information content (AvgIpc) is 3.16. The Labute approximate surface area is 190 Å². The molecule has 0 spiro atoms. The van der Waals surface area contributed by atoms with Gasteiger partial charge >= 0.3 is 6.18 Å². The van der Waals surface area contributed by atoms with Crippen molar-refractivity contribution in [3.05, 3.63) is 88.5 Å². The van der Waals surface area contributed by atoms with Crippen LogP contribution in [0.25, 0.3) is 16.6 Å². The van der Waals surface area contributed by atoms with E-state index in [2.05, 4.69) is 5.10 Å². The fourth-order valence-corrected chi connectivity index (χ4v) is 5.01. The zero-order valence-electron chi connectivity index (χ0n) is 15.8. The fraction of sp³-hybridized carbons (Fsp3) is 0.136. The molecule has 1 unspecified atom stereocenters. The monoisotopic (exact) mass is 482 g/mol. The van der Waals surface area contributed by atoms with Crippen molar-refractivity contribution in [3.63, 3.8) is 0 Å². The number of aliphatic hydroxyl groups is 1. The molecule has 0 aliphatic rings. The summed E-state index contributed by atoms with van der Waals surface area (Å²) in [6, 6.07) is 18.0. The Balaban J connectivity index is 1.72. The van der Waals surface area contributed by atoms with Crippen LogP contribution in [-0.2, 0) is 5.60 Å². The quantitative estimate of drug-likeness (QED) is 0.315. The number of nitrogens with zero attached hydrogens (tertiary/aromatic N) is 2. The third-order valence-electron chi connectivity index (χ3n) is 4.86. The SMILES string of the molecule is OC(CSc1c(Cl)cccc1Cl)(c1ccc2c(cnn2-c2ccccc2)c1)C(F)(F)F. The van der Waals surface area contributed by atoms with Crippen LogP contribution in [0.1, 0.15) is 5.56 Å². The third-order valence-corrected chi connectivity index (χ3v) is 7.00. The third kappa shape index (κ3) is 4.15. The Kier molecular flexibility index (Phi) is 5.96. The molecule has 9 heteroatoms. The molecule has 0 aliphatic carbocycles. The maximum atomic E-state index is 14.0. The van der Waals surface area contributed by atoms with E-state index in [0.29, 0.717) is 10.9 Å². The van der Waals surface area contributed by atoms with Gasteiger partial charge in [-0.05, 0) is 42.0 Å². The van der Waals surface area contributed by atoms with Crippen LogP contribution in [0, 0.1) is 0 Å².